The number of carbonyl (C=O) groups is 2. The molecule has 1 fully saturated rings. The summed E-state index contributed by atoms with van der Waals surface area (Å²) in [6, 6.07) is 0. The molecule has 0 radical (unpaired) electrons. The van der Waals surface area contributed by atoms with Gasteiger partial charge in [0.1, 0.15) is 5.69 Å². The van der Waals surface area contributed by atoms with E-state index in [0.29, 0.717) is 0 Å². The summed E-state index contributed by atoms with van der Waals surface area (Å²) in [5.74, 6) is -1.68. The minimum absolute atomic E-state index is 0.00495. The molecule has 2 N–H and O–H groups in total. The van der Waals surface area contributed by atoms with E-state index in [9.17, 15) is 18.0 Å². The number of sulfonamides is 1. The van der Waals surface area contributed by atoms with Crippen molar-refractivity contribution in [2.24, 2.45) is 11.7 Å². The lowest BCUT2D eigenvalue weighted by Crippen LogP contribution is -2.41. The molecule has 0 aromatic carbocycles. The minimum atomic E-state index is -3.44. The molecule has 1 aromatic rings. The van der Waals surface area contributed by atoms with Crippen molar-refractivity contribution >= 4 is 33.2 Å². The van der Waals surface area contributed by atoms with Crippen molar-refractivity contribution in [2.45, 2.75) is 0 Å². The third kappa shape index (κ3) is 3.77. The van der Waals surface area contributed by atoms with E-state index in [2.05, 4.69) is 4.98 Å². The van der Waals surface area contributed by atoms with Crippen LogP contribution in [0, 0.1) is 5.92 Å². The summed E-state index contributed by atoms with van der Waals surface area (Å²) in [5.41, 5.74) is 7.14. The molecule has 10 heteroatoms. The Hall–Kier alpha value is -1.52. The van der Waals surface area contributed by atoms with Gasteiger partial charge in [0, 0.05) is 31.6 Å². The largest absolute Gasteiger partial charge is 0.369 e. The molecule has 2 rings (SSSR count). The summed E-state index contributed by atoms with van der Waals surface area (Å²) >= 11 is 1.29. The van der Waals surface area contributed by atoms with Crippen molar-refractivity contribution in [3.05, 3.63) is 16.6 Å². The third-order valence-corrected chi connectivity index (χ3v) is 5.15. The van der Waals surface area contributed by atoms with Gasteiger partial charge >= 0.3 is 0 Å². The summed E-state index contributed by atoms with van der Waals surface area (Å²) in [6.07, 6.45) is 1.07. The molecule has 2 amide bonds. The number of amides is 2. The normalized spacial score (nSPS) is 21.0. The molecule has 1 aromatic heterocycles. The van der Waals surface area contributed by atoms with E-state index in [0.717, 1.165) is 6.26 Å². The molecule has 8 nitrogen and oxygen atoms in total. The fourth-order valence-corrected chi connectivity index (χ4v) is 3.52. The van der Waals surface area contributed by atoms with Crippen molar-refractivity contribution in [1.29, 1.82) is 0 Å². The van der Waals surface area contributed by atoms with Gasteiger partial charge in [-0.2, -0.15) is 4.31 Å². The van der Waals surface area contributed by atoms with Crippen molar-refractivity contribution in [3.63, 3.8) is 0 Å². The van der Waals surface area contributed by atoms with Gasteiger partial charge in [0.2, 0.25) is 15.9 Å². The number of nitrogens with two attached hydrogens (primary N) is 1. The molecule has 1 aliphatic rings. The third-order valence-electron chi connectivity index (χ3n) is 3.29. The number of nitrogens with zero attached hydrogens (tertiary/aromatic N) is 3. The van der Waals surface area contributed by atoms with Crippen LogP contribution in [-0.4, -0.2) is 66.9 Å². The van der Waals surface area contributed by atoms with Crippen LogP contribution in [0.1, 0.15) is 10.5 Å². The Bertz CT molecular complexity index is 629. The summed E-state index contributed by atoms with van der Waals surface area (Å²) in [5, 5.41) is 1.61. The second-order valence-electron chi connectivity index (χ2n) is 4.85. The molecule has 1 atom stereocenters. The number of aromatic nitrogens is 1. The number of carbonyl (C=O) groups excluding carboxylic acids is 2. The molecular formula is C11H16N4O4S2. The number of primary amides is 1. The average molecular weight is 332 g/mol. The number of rotatable bonds is 3. The summed E-state index contributed by atoms with van der Waals surface area (Å²) in [6.45, 7) is 0.429. The molecule has 0 spiro atoms. The number of hydrogen-bond donors (Lipinski definition) is 1. The Kier molecular flexibility index (Phi) is 4.59. The van der Waals surface area contributed by atoms with Crippen LogP contribution in [0.4, 0.5) is 0 Å². The van der Waals surface area contributed by atoms with Crippen molar-refractivity contribution in [3.8, 4) is 0 Å². The Morgan fingerprint density at radius 3 is 2.62 bits per heavy atom. The standard InChI is InChI=1S/C11H16N4O4S2/c1-21(18,19)15-3-2-14(4-8(5-15)10(12)16)11(17)9-6-20-7-13-9/h6-8H,2-5H2,1H3,(H2,12,16)/t8-/m1/s1. The van der Waals surface area contributed by atoms with Crippen molar-refractivity contribution < 1.29 is 18.0 Å². The fraction of sp³-hybridized carbons (Fsp3) is 0.545. The van der Waals surface area contributed by atoms with Gasteiger partial charge in [-0.1, -0.05) is 0 Å². The first-order valence-corrected chi connectivity index (χ1v) is 9.00. The molecule has 21 heavy (non-hydrogen) atoms. The summed E-state index contributed by atoms with van der Waals surface area (Å²) in [4.78, 5) is 29.1. The maximum Gasteiger partial charge on any atom is 0.273 e. The van der Waals surface area contributed by atoms with E-state index < -0.39 is 21.8 Å². The van der Waals surface area contributed by atoms with E-state index in [1.807, 2.05) is 0 Å². The van der Waals surface area contributed by atoms with Crippen LogP contribution in [0.2, 0.25) is 0 Å². The molecule has 0 unspecified atom stereocenters. The maximum atomic E-state index is 12.3. The van der Waals surface area contributed by atoms with Gasteiger partial charge in [-0.25, -0.2) is 13.4 Å². The predicted molar refractivity (Wildman–Crippen MR) is 77.1 cm³/mol. The molecular weight excluding hydrogens is 316 g/mol. The van der Waals surface area contributed by atoms with Crippen LogP contribution < -0.4 is 5.73 Å². The van der Waals surface area contributed by atoms with Gasteiger partial charge in [-0.05, 0) is 0 Å². The molecule has 2 heterocycles. The molecule has 1 aliphatic heterocycles. The molecule has 0 aliphatic carbocycles. The zero-order valence-corrected chi connectivity index (χ0v) is 13.1. The fourth-order valence-electron chi connectivity index (χ4n) is 2.13. The number of hydrogen-bond acceptors (Lipinski definition) is 6. The lowest BCUT2D eigenvalue weighted by Gasteiger charge is -2.21. The summed E-state index contributed by atoms with van der Waals surface area (Å²) < 4.78 is 24.5. The van der Waals surface area contributed by atoms with E-state index in [4.69, 9.17) is 5.73 Å². The first kappa shape index (κ1) is 15.9. The van der Waals surface area contributed by atoms with Gasteiger partial charge in [0.25, 0.3) is 5.91 Å². The van der Waals surface area contributed by atoms with E-state index in [1.165, 1.54) is 20.5 Å². The van der Waals surface area contributed by atoms with Gasteiger partial charge in [-0.3, -0.25) is 9.59 Å². The highest BCUT2D eigenvalue weighted by Crippen LogP contribution is 2.15. The van der Waals surface area contributed by atoms with Gasteiger partial charge < -0.3 is 10.6 Å². The highest BCUT2D eigenvalue weighted by atomic mass is 32.2. The SMILES string of the molecule is CS(=O)(=O)N1CCN(C(=O)c2cscn2)C[C@@H](C(N)=O)C1. The second kappa shape index (κ2) is 6.08. The zero-order chi connectivity index (χ0) is 15.6. The molecule has 1 saturated heterocycles. The maximum absolute atomic E-state index is 12.3. The zero-order valence-electron chi connectivity index (χ0n) is 11.4. The van der Waals surface area contributed by atoms with E-state index in [-0.39, 0.29) is 37.8 Å². The lowest BCUT2D eigenvalue weighted by atomic mass is 10.1. The first-order chi connectivity index (χ1) is 9.79. The van der Waals surface area contributed by atoms with Crippen LogP contribution in [0.5, 0.6) is 0 Å². The topological polar surface area (TPSA) is 114 Å². The Morgan fingerprint density at radius 2 is 2.10 bits per heavy atom. The van der Waals surface area contributed by atoms with Crippen LogP contribution in [0.25, 0.3) is 0 Å². The van der Waals surface area contributed by atoms with Gasteiger partial charge in [-0.15, -0.1) is 11.3 Å². The van der Waals surface area contributed by atoms with Crippen LogP contribution in [0.3, 0.4) is 0 Å². The van der Waals surface area contributed by atoms with Crippen LogP contribution in [0.15, 0.2) is 10.9 Å². The monoisotopic (exact) mass is 332 g/mol. The average Bonchev–Trinajstić information content (AvgIpc) is 2.81. The molecule has 0 saturated carbocycles. The number of thiazole rings is 1. The molecule has 0 bridgehead atoms. The molecule has 116 valence electrons. The Morgan fingerprint density at radius 1 is 1.38 bits per heavy atom. The minimum Gasteiger partial charge on any atom is -0.369 e. The van der Waals surface area contributed by atoms with Crippen molar-refractivity contribution in [2.75, 3.05) is 32.4 Å². The Labute approximate surface area is 126 Å². The van der Waals surface area contributed by atoms with Gasteiger partial charge in [0.05, 0.1) is 17.7 Å². The lowest BCUT2D eigenvalue weighted by molar-refractivity contribution is -0.122. The smallest absolute Gasteiger partial charge is 0.273 e. The predicted octanol–water partition coefficient (Wildman–Crippen LogP) is -1.04. The van der Waals surface area contributed by atoms with Crippen molar-refractivity contribution in [1.82, 2.24) is 14.2 Å². The Balaban J connectivity index is 2.22. The quantitative estimate of drug-likeness (QED) is 0.759. The van der Waals surface area contributed by atoms with Crippen LogP contribution >= 0.6 is 11.3 Å². The van der Waals surface area contributed by atoms with Gasteiger partial charge in [0.15, 0.2) is 0 Å². The van der Waals surface area contributed by atoms with Crippen LogP contribution in [-0.2, 0) is 14.8 Å². The van der Waals surface area contributed by atoms with E-state index >= 15 is 0 Å². The highest BCUT2D eigenvalue weighted by molar-refractivity contribution is 7.88. The highest BCUT2D eigenvalue weighted by Gasteiger charge is 2.32. The second-order valence-corrected chi connectivity index (χ2v) is 7.55. The van der Waals surface area contributed by atoms with E-state index in [1.54, 1.807) is 10.9 Å². The first-order valence-electron chi connectivity index (χ1n) is 6.21. The summed E-state index contributed by atoms with van der Waals surface area (Å²) in [7, 11) is -3.44.